The first-order chi connectivity index (χ1) is 11.2. The van der Waals surface area contributed by atoms with E-state index in [1.807, 2.05) is 4.90 Å². The lowest BCUT2D eigenvalue weighted by molar-refractivity contribution is -0.131. The fourth-order valence-corrected chi connectivity index (χ4v) is 3.35. The average Bonchev–Trinajstić information content (AvgIpc) is 2.80. The second kappa shape index (κ2) is 7.70. The standard InChI is InChI=1S/C17H31N3O4/c1-17(2,3)24-16(23)19(4)11-13(21)10-18-14-9-12-7-5-6-8-20(12)15(14)22/h12-14,18,21H,5-11H2,1-4H3. The Balaban J connectivity index is 1.74. The fraction of sp³-hybridized carbons (Fsp3) is 0.882. The summed E-state index contributed by atoms with van der Waals surface area (Å²) >= 11 is 0. The third kappa shape index (κ3) is 5.08. The number of ether oxygens (including phenoxy) is 1. The van der Waals surface area contributed by atoms with Crippen LogP contribution in [0.15, 0.2) is 0 Å². The van der Waals surface area contributed by atoms with E-state index in [0.29, 0.717) is 6.04 Å². The minimum Gasteiger partial charge on any atom is -0.444 e. The number of aliphatic hydroxyl groups is 1. The largest absolute Gasteiger partial charge is 0.444 e. The van der Waals surface area contributed by atoms with Crippen LogP contribution in [0, 0.1) is 0 Å². The van der Waals surface area contributed by atoms with Gasteiger partial charge >= 0.3 is 6.09 Å². The SMILES string of the molecule is CN(CC(O)CNC1CC2CCCCN2C1=O)C(=O)OC(C)(C)C. The van der Waals surface area contributed by atoms with E-state index >= 15 is 0 Å². The summed E-state index contributed by atoms with van der Waals surface area (Å²) in [6.07, 6.45) is 2.95. The molecule has 2 fully saturated rings. The van der Waals surface area contributed by atoms with Crippen molar-refractivity contribution in [2.45, 2.75) is 70.2 Å². The van der Waals surface area contributed by atoms with Crippen LogP contribution >= 0.6 is 0 Å². The first-order valence-corrected chi connectivity index (χ1v) is 8.83. The quantitative estimate of drug-likeness (QED) is 0.778. The first kappa shape index (κ1) is 19.0. The van der Waals surface area contributed by atoms with Gasteiger partial charge in [-0.25, -0.2) is 4.79 Å². The monoisotopic (exact) mass is 341 g/mol. The minimum atomic E-state index is -0.743. The van der Waals surface area contributed by atoms with E-state index in [0.717, 1.165) is 25.8 Å². The highest BCUT2D eigenvalue weighted by atomic mass is 16.6. The summed E-state index contributed by atoms with van der Waals surface area (Å²) in [5.74, 6) is 0.146. The molecule has 0 aromatic rings. The summed E-state index contributed by atoms with van der Waals surface area (Å²) in [5.41, 5.74) is -0.560. The third-order valence-electron chi connectivity index (χ3n) is 4.51. The molecule has 2 saturated heterocycles. The second-order valence-corrected chi connectivity index (χ2v) is 7.89. The number of piperidine rings is 1. The van der Waals surface area contributed by atoms with Gasteiger partial charge in [0.05, 0.1) is 18.7 Å². The van der Waals surface area contributed by atoms with Crippen molar-refractivity contribution in [1.82, 2.24) is 15.1 Å². The van der Waals surface area contributed by atoms with Crippen LogP contribution in [0.3, 0.4) is 0 Å². The Bertz CT molecular complexity index is 463. The molecule has 0 saturated carbocycles. The van der Waals surface area contributed by atoms with Crippen molar-refractivity contribution in [2.24, 2.45) is 0 Å². The predicted molar refractivity (Wildman–Crippen MR) is 90.6 cm³/mol. The smallest absolute Gasteiger partial charge is 0.410 e. The van der Waals surface area contributed by atoms with E-state index in [2.05, 4.69) is 5.32 Å². The number of fused-ring (bicyclic) bond motifs is 1. The molecule has 2 amide bonds. The van der Waals surface area contributed by atoms with Crippen LogP contribution in [-0.2, 0) is 9.53 Å². The van der Waals surface area contributed by atoms with Gasteiger partial charge in [-0.3, -0.25) is 4.79 Å². The van der Waals surface area contributed by atoms with Gasteiger partial charge in [0, 0.05) is 26.2 Å². The average molecular weight is 341 g/mol. The van der Waals surface area contributed by atoms with Crippen molar-refractivity contribution < 1.29 is 19.4 Å². The van der Waals surface area contributed by atoms with Gasteiger partial charge in [-0.1, -0.05) is 0 Å². The maximum atomic E-state index is 12.3. The van der Waals surface area contributed by atoms with Gasteiger partial charge in [0.15, 0.2) is 0 Å². The van der Waals surface area contributed by atoms with Crippen LogP contribution in [0.5, 0.6) is 0 Å². The molecule has 0 aliphatic carbocycles. The van der Waals surface area contributed by atoms with Crippen molar-refractivity contribution in [1.29, 1.82) is 0 Å². The summed E-state index contributed by atoms with van der Waals surface area (Å²) < 4.78 is 5.25. The zero-order valence-corrected chi connectivity index (χ0v) is 15.2. The van der Waals surface area contributed by atoms with Crippen LogP contribution < -0.4 is 5.32 Å². The van der Waals surface area contributed by atoms with Crippen molar-refractivity contribution in [2.75, 3.05) is 26.7 Å². The number of aliphatic hydroxyl groups excluding tert-OH is 1. The van der Waals surface area contributed by atoms with Gasteiger partial charge in [-0.2, -0.15) is 0 Å². The van der Waals surface area contributed by atoms with Gasteiger partial charge < -0.3 is 25.0 Å². The first-order valence-electron chi connectivity index (χ1n) is 8.83. The zero-order valence-electron chi connectivity index (χ0n) is 15.2. The molecule has 0 aromatic carbocycles. The lowest BCUT2D eigenvalue weighted by Gasteiger charge is -2.29. The molecule has 0 aromatic heterocycles. The number of nitrogens with one attached hydrogen (secondary N) is 1. The Kier molecular flexibility index (Phi) is 6.09. The molecule has 3 unspecified atom stereocenters. The Morgan fingerprint density at radius 3 is 2.79 bits per heavy atom. The Labute approximate surface area is 144 Å². The molecule has 0 spiro atoms. The lowest BCUT2D eigenvalue weighted by atomic mass is 10.0. The molecule has 2 heterocycles. The molecular formula is C17H31N3O4. The molecule has 24 heavy (non-hydrogen) atoms. The molecule has 138 valence electrons. The number of carbonyl (C=O) groups excluding carboxylic acids is 2. The highest BCUT2D eigenvalue weighted by Crippen LogP contribution is 2.27. The number of rotatable bonds is 5. The van der Waals surface area contributed by atoms with Gasteiger partial charge in [0.1, 0.15) is 5.60 Å². The molecule has 0 radical (unpaired) electrons. The van der Waals surface area contributed by atoms with Crippen LogP contribution in [0.25, 0.3) is 0 Å². The summed E-state index contributed by atoms with van der Waals surface area (Å²) in [5, 5.41) is 13.3. The number of likely N-dealkylation sites (N-methyl/N-ethyl adjacent to an activating group) is 1. The third-order valence-corrected chi connectivity index (χ3v) is 4.51. The maximum absolute atomic E-state index is 12.3. The Morgan fingerprint density at radius 1 is 1.46 bits per heavy atom. The highest BCUT2D eigenvalue weighted by molar-refractivity contribution is 5.84. The molecular weight excluding hydrogens is 310 g/mol. The normalized spacial score (nSPS) is 25.4. The topological polar surface area (TPSA) is 82.1 Å². The molecule has 2 aliphatic heterocycles. The van der Waals surface area contributed by atoms with E-state index < -0.39 is 17.8 Å². The Morgan fingerprint density at radius 2 is 2.17 bits per heavy atom. The van der Waals surface area contributed by atoms with E-state index in [1.54, 1.807) is 27.8 Å². The Hall–Kier alpha value is -1.34. The van der Waals surface area contributed by atoms with Crippen molar-refractivity contribution in [3.8, 4) is 0 Å². The van der Waals surface area contributed by atoms with E-state index in [9.17, 15) is 14.7 Å². The zero-order chi connectivity index (χ0) is 17.9. The molecule has 3 atom stereocenters. The van der Waals surface area contributed by atoms with Crippen molar-refractivity contribution in [3.05, 3.63) is 0 Å². The van der Waals surface area contributed by atoms with E-state index in [1.165, 1.54) is 11.3 Å². The number of nitrogens with zero attached hydrogens (tertiary/aromatic N) is 2. The van der Waals surface area contributed by atoms with Gasteiger partial charge in [-0.05, 0) is 46.5 Å². The minimum absolute atomic E-state index is 0.146. The molecule has 2 rings (SSSR count). The summed E-state index contributed by atoms with van der Waals surface area (Å²) in [7, 11) is 1.60. The van der Waals surface area contributed by atoms with E-state index in [-0.39, 0.29) is 25.0 Å². The number of hydrogen-bond donors (Lipinski definition) is 2. The highest BCUT2D eigenvalue weighted by Gasteiger charge is 2.40. The fourth-order valence-electron chi connectivity index (χ4n) is 3.35. The molecule has 7 heteroatoms. The summed E-state index contributed by atoms with van der Waals surface area (Å²) in [6, 6.07) is 0.139. The second-order valence-electron chi connectivity index (χ2n) is 7.89. The predicted octanol–water partition coefficient (Wildman–Crippen LogP) is 0.957. The lowest BCUT2D eigenvalue weighted by Crippen LogP contribution is -2.46. The maximum Gasteiger partial charge on any atom is 0.410 e. The van der Waals surface area contributed by atoms with Gasteiger partial charge in [0.25, 0.3) is 0 Å². The number of hydrogen-bond acceptors (Lipinski definition) is 5. The van der Waals surface area contributed by atoms with Crippen LogP contribution in [0.4, 0.5) is 4.79 Å². The van der Waals surface area contributed by atoms with Crippen LogP contribution in [-0.4, -0.2) is 77.4 Å². The summed E-state index contributed by atoms with van der Waals surface area (Å²) in [4.78, 5) is 27.6. The molecule has 0 bridgehead atoms. The van der Waals surface area contributed by atoms with Gasteiger partial charge in [0.2, 0.25) is 5.91 Å². The van der Waals surface area contributed by atoms with Crippen molar-refractivity contribution in [3.63, 3.8) is 0 Å². The molecule has 2 aliphatic rings. The van der Waals surface area contributed by atoms with Crippen LogP contribution in [0.1, 0.15) is 46.5 Å². The molecule has 2 N–H and O–H groups in total. The number of amides is 2. The van der Waals surface area contributed by atoms with Crippen LogP contribution in [0.2, 0.25) is 0 Å². The van der Waals surface area contributed by atoms with Crippen molar-refractivity contribution >= 4 is 12.0 Å². The van der Waals surface area contributed by atoms with Gasteiger partial charge in [-0.15, -0.1) is 0 Å². The van der Waals surface area contributed by atoms with E-state index in [4.69, 9.17) is 4.74 Å². The molecule has 7 nitrogen and oxygen atoms in total. The number of carbonyl (C=O) groups is 2. The summed E-state index contributed by atoms with van der Waals surface area (Å²) in [6.45, 7) is 6.71.